The van der Waals surface area contributed by atoms with Crippen molar-refractivity contribution >= 4 is 23.6 Å². The van der Waals surface area contributed by atoms with E-state index in [-0.39, 0.29) is 19.6 Å². The predicted molar refractivity (Wildman–Crippen MR) is 86.0 cm³/mol. The zero-order valence-corrected chi connectivity index (χ0v) is 14.2. The lowest BCUT2D eigenvalue weighted by Crippen LogP contribution is -2.49. The monoisotopic (exact) mass is 349 g/mol. The van der Waals surface area contributed by atoms with Gasteiger partial charge in [0.2, 0.25) is 0 Å². The summed E-state index contributed by atoms with van der Waals surface area (Å²) in [6.07, 6.45) is -0.123. The lowest BCUT2D eigenvalue weighted by Gasteiger charge is -2.21. The van der Waals surface area contributed by atoms with E-state index in [9.17, 15) is 14.4 Å². The molecular formula is C17H19NO7. The number of esters is 3. The number of oxime groups is 1. The average molecular weight is 349 g/mol. The summed E-state index contributed by atoms with van der Waals surface area (Å²) in [7, 11) is 1.29. The van der Waals surface area contributed by atoms with Gasteiger partial charge in [0.25, 0.3) is 0 Å². The normalized spacial score (nSPS) is 14.9. The molecule has 1 aromatic rings. The second-order valence-electron chi connectivity index (χ2n) is 5.14. The van der Waals surface area contributed by atoms with Gasteiger partial charge in [-0.05, 0) is 31.5 Å². The standard InChI is InChI=1S/C17H19NO7/c1-4-23-15(20)17(16(21)24-5-2)10-13(18-25-17)11-6-8-12(9-7-11)14(19)22-3/h6-9H,4-5,10H2,1-3H3. The van der Waals surface area contributed by atoms with Gasteiger partial charge in [-0.1, -0.05) is 17.3 Å². The first kappa shape index (κ1) is 18.4. The molecule has 0 spiro atoms. The number of rotatable bonds is 6. The number of carbonyl (C=O) groups is 3. The molecule has 0 radical (unpaired) electrons. The number of hydrogen-bond donors (Lipinski definition) is 0. The first-order valence-corrected chi connectivity index (χ1v) is 7.76. The van der Waals surface area contributed by atoms with E-state index in [0.29, 0.717) is 16.8 Å². The van der Waals surface area contributed by atoms with Gasteiger partial charge in [-0.15, -0.1) is 0 Å². The van der Waals surface area contributed by atoms with Crippen LogP contribution in [0.2, 0.25) is 0 Å². The van der Waals surface area contributed by atoms with Crippen LogP contribution in [0.5, 0.6) is 0 Å². The van der Waals surface area contributed by atoms with Crippen molar-refractivity contribution in [2.24, 2.45) is 5.16 Å². The van der Waals surface area contributed by atoms with Crippen molar-refractivity contribution in [1.29, 1.82) is 0 Å². The summed E-state index contributed by atoms with van der Waals surface area (Å²) < 4.78 is 14.5. The highest BCUT2D eigenvalue weighted by Gasteiger charge is 2.56. The first-order chi connectivity index (χ1) is 12.0. The van der Waals surface area contributed by atoms with Crippen molar-refractivity contribution in [2.75, 3.05) is 20.3 Å². The molecule has 0 unspecified atom stereocenters. The van der Waals surface area contributed by atoms with Gasteiger partial charge in [0, 0.05) is 0 Å². The van der Waals surface area contributed by atoms with E-state index in [1.54, 1.807) is 38.1 Å². The molecule has 1 heterocycles. The molecule has 0 saturated carbocycles. The number of hydrogen-bond acceptors (Lipinski definition) is 8. The van der Waals surface area contributed by atoms with Crippen molar-refractivity contribution in [3.63, 3.8) is 0 Å². The summed E-state index contributed by atoms with van der Waals surface area (Å²) in [5, 5.41) is 3.86. The molecule has 8 nitrogen and oxygen atoms in total. The molecule has 2 rings (SSSR count). The third-order valence-corrected chi connectivity index (χ3v) is 3.58. The Kier molecular flexibility index (Phi) is 5.74. The van der Waals surface area contributed by atoms with E-state index >= 15 is 0 Å². The lowest BCUT2D eigenvalue weighted by molar-refractivity contribution is -0.187. The van der Waals surface area contributed by atoms with Crippen molar-refractivity contribution in [3.8, 4) is 0 Å². The van der Waals surface area contributed by atoms with Gasteiger partial charge in [0.05, 0.1) is 38.0 Å². The van der Waals surface area contributed by atoms with Gasteiger partial charge in [-0.3, -0.25) is 0 Å². The molecule has 1 aliphatic rings. The van der Waals surface area contributed by atoms with Crippen LogP contribution in [0.1, 0.15) is 36.2 Å². The van der Waals surface area contributed by atoms with Crippen LogP contribution in [0.25, 0.3) is 0 Å². The molecule has 0 saturated heterocycles. The minimum absolute atomic E-state index is 0.0898. The molecule has 25 heavy (non-hydrogen) atoms. The first-order valence-electron chi connectivity index (χ1n) is 7.76. The maximum absolute atomic E-state index is 12.3. The van der Waals surface area contributed by atoms with Gasteiger partial charge < -0.3 is 19.0 Å². The molecule has 0 atom stereocenters. The summed E-state index contributed by atoms with van der Waals surface area (Å²) in [6.45, 7) is 3.43. The van der Waals surface area contributed by atoms with Crippen LogP contribution < -0.4 is 0 Å². The van der Waals surface area contributed by atoms with Crippen molar-refractivity contribution < 1.29 is 33.4 Å². The molecule has 0 bridgehead atoms. The third kappa shape index (κ3) is 3.62. The highest BCUT2D eigenvalue weighted by molar-refractivity contribution is 6.13. The van der Waals surface area contributed by atoms with Crippen molar-refractivity contribution in [1.82, 2.24) is 0 Å². The number of nitrogens with zero attached hydrogens (tertiary/aromatic N) is 1. The maximum atomic E-state index is 12.3. The average Bonchev–Trinajstić information content (AvgIpc) is 3.08. The molecule has 0 N–H and O–H groups in total. The Labute approximate surface area is 144 Å². The molecule has 0 amide bonds. The van der Waals surface area contributed by atoms with Crippen LogP contribution in [0.15, 0.2) is 29.4 Å². The highest BCUT2D eigenvalue weighted by atomic mass is 16.7. The smallest absolute Gasteiger partial charge is 0.365 e. The summed E-state index contributed by atoms with van der Waals surface area (Å²) >= 11 is 0. The summed E-state index contributed by atoms with van der Waals surface area (Å²) in [5.74, 6) is -2.17. The molecule has 1 aromatic carbocycles. The van der Waals surface area contributed by atoms with E-state index in [1.165, 1.54) is 7.11 Å². The van der Waals surface area contributed by atoms with Gasteiger partial charge in [0.1, 0.15) is 0 Å². The third-order valence-electron chi connectivity index (χ3n) is 3.58. The lowest BCUT2D eigenvalue weighted by atomic mass is 9.93. The Morgan fingerprint density at radius 3 is 2.12 bits per heavy atom. The summed E-state index contributed by atoms with van der Waals surface area (Å²) in [5.41, 5.74) is -0.601. The fraction of sp³-hybridized carbons (Fsp3) is 0.412. The Morgan fingerprint density at radius 1 is 1.08 bits per heavy atom. The quantitative estimate of drug-likeness (QED) is 0.435. The fourth-order valence-corrected chi connectivity index (χ4v) is 2.30. The van der Waals surface area contributed by atoms with Gasteiger partial charge >= 0.3 is 23.5 Å². The predicted octanol–water partition coefficient (Wildman–Crippen LogP) is 1.46. The van der Waals surface area contributed by atoms with Crippen LogP contribution >= 0.6 is 0 Å². The molecule has 8 heteroatoms. The Hall–Kier alpha value is -2.90. The molecule has 0 fully saturated rings. The van der Waals surface area contributed by atoms with Gasteiger partial charge in [0.15, 0.2) is 0 Å². The molecular weight excluding hydrogens is 330 g/mol. The fourth-order valence-electron chi connectivity index (χ4n) is 2.30. The maximum Gasteiger partial charge on any atom is 0.365 e. The number of ether oxygens (including phenoxy) is 3. The molecule has 0 aliphatic carbocycles. The zero-order valence-electron chi connectivity index (χ0n) is 14.2. The van der Waals surface area contributed by atoms with E-state index < -0.39 is 23.5 Å². The van der Waals surface area contributed by atoms with Crippen LogP contribution in [-0.2, 0) is 28.6 Å². The zero-order chi connectivity index (χ0) is 18.4. The minimum Gasteiger partial charge on any atom is -0.465 e. The second kappa shape index (κ2) is 7.78. The Morgan fingerprint density at radius 2 is 1.64 bits per heavy atom. The van der Waals surface area contributed by atoms with Gasteiger partial charge in [-0.25, -0.2) is 14.4 Å². The number of benzene rings is 1. The number of carbonyl (C=O) groups excluding carboxylic acids is 3. The summed E-state index contributed by atoms with van der Waals surface area (Å²) in [4.78, 5) is 41.2. The summed E-state index contributed by atoms with van der Waals surface area (Å²) in [6, 6.07) is 6.36. The van der Waals surface area contributed by atoms with Crippen molar-refractivity contribution in [2.45, 2.75) is 25.9 Å². The van der Waals surface area contributed by atoms with Crippen LogP contribution in [-0.4, -0.2) is 49.5 Å². The Balaban J connectivity index is 2.24. The Bertz CT molecular complexity index is 675. The SMILES string of the molecule is CCOC(=O)C1(C(=O)OCC)CC(c2ccc(C(=O)OC)cc2)=NO1. The molecule has 0 aromatic heterocycles. The van der Waals surface area contributed by atoms with Crippen LogP contribution in [0.4, 0.5) is 0 Å². The topological polar surface area (TPSA) is 100 Å². The van der Waals surface area contributed by atoms with Gasteiger partial charge in [-0.2, -0.15) is 0 Å². The highest BCUT2D eigenvalue weighted by Crippen LogP contribution is 2.30. The minimum atomic E-state index is -1.94. The number of methoxy groups -OCH3 is 1. The molecule has 134 valence electrons. The van der Waals surface area contributed by atoms with Crippen LogP contribution in [0.3, 0.4) is 0 Å². The second-order valence-corrected chi connectivity index (χ2v) is 5.14. The largest absolute Gasteiger partial charge is 0.465 e. The van der Waals surface area contributed by atoms with E-state index in [4.69, 9.17) is 14.3 Å². The van der Waals surface area contributed by atoms with Crippen LogP contribution in [0, 0.1) is 0 Å². The van der Waals surface area contributed by atoms with E-state index in [1.807, 2.05) is 0 Å². The van der Waals surface area contributed by atoms with Crippen molar-refractivity contribution in [3.05, 3.63) is 35.4 Å². The molecule has 1 aliphatic heterocycles. The van der Waals surface area contributed by atoms with E-state index in [0.717, 1.165) is 0 Å². The van der Waals surface area contributed by atoms with E-state index in [2.05, 4.69) is 9.89 Å².